The predicted molar refractivity (Wildman–Crippen MR) is 93.3 cm³/mol. The number of para-hydroxylation sites is 1. The predicted octanol–water partition coefficient (Wildman–Crippen LogP) is 3.13. The van der Waals surface area contributed by atoms with Gasteiger partial charge in [-0.3, -0.25) is 4.98 Å². The molecule has 0 aliphatic heterocycles. The Hall–Kier alpha value is -3.21. The third-order valence-electron chi connectivity index (χ3n) is 3.67. The highest BCUT2D eigenvalue weighted by Crippen LogP contribution is 2.31. The summed E-state index contributed by atoms with van der Waals surface area (Å²) >= 11 is 0. The molecule has 116 valence electrons. The average molecular weight is 306 g/mol. The molecule has 0 saturated carbocycles. The number of aromatic nitrogens is 2. The number of nitrogens with one attached hydrogen (secondary N) is 1. The SMILES string of the molecule is Cc1cc(-c2c[nH]c(N)c2/C=C(\N)c2ccccc2O)ccn1. The summed E-state index contributed by atoms with van der Waals surface area (Å²) in [5, 5.41) is 9.93. The Kier molecular flexibility index (Phi) is 3.76. The lowest BCUT2D eigenvalue weighted by atomic mass is 10.0. The van der Waals surface area contributed by atoms with E-state index in [0.29, 0.717) is 17.1 Å². The zero-order valence-corrected chi connectivity index (χ0v) is 12.7. The normalized spacial score (nSPS) is 11.6. The van der Waals surface area contributed by atoms with E-state index in [-0.39, 0.29) is 5.75 Å². The summed E-state index contributed by atoms with van der Waals surface area (Å²) in [6.07, 6.45) is 5.37. The number of nitrogens with zero attached hydrogens (tertiary/aromatic N) is 1. The summed E-state index contributed by atoms with van der Waals surface area (Å²) in [7, 11) is 0. The van der Waals surface area contributed by atoms with Crippen LogP contribution in [0.3, 0.4) is 0 Å². The first-order valence-corrected chi connectivity index (χ1v) is 7.21. The van der Waals surface area contributed by atoms with Gasteiger partial charge in [-0.25, -0.2) is 0 Å². The Labute approximate surface area is 134 Å². The van der Waals surface area contributed by atoms with Crippen molar-refractivity contribution in [1.29, 1.82) is 0 Å². The summed E-state index contributed by atoms with van der Waals surface area (Å²) in [4.78, 5) is 7.23. The number of anilines is 1. The van der Waals surface area contributed by atoms with Crippen molar-refractivity contribution >= 4 is 17.6 Å². The highest BCUT2D eigenvalue weighted by Gasteiger charge is 2.11. The summed E-state index contributed by atoms with van der Waals surface area (Å²) < 4.78 is 0. The molecule has 23 heavy (non-hydrogen) atoms. The van der Waals surface area contributed by atoms with E-state index in [0.717, 1.165) is 22.4 Å². The van der Waals surface area contributed by atoms with Crippen LogP contribution in [0.2, 0.25) is 0 Å². The van der Waals surface area contributed by atoms with Crippen LogP contribution < -0.4 is 11.5 Å². The highest BCUT2D eigenvalue weighted by molar-refractivity contribution is 5.90. The fraction of sp³-hybridized carbons (Fsp3) is 0.0556. The van der Waals surface area contributed by atoms with Crippen molar-refractivity contribution in [3.63, 3.8) is 0 Å². The number of hydrogen-bond acceptors (Lipinski definition) is 4. The molecule has 0 fully saturated rings. The number of nitrogens with two attached hydrogens (primary N) is 2. The van der Waals surface area contributed by atoms with Gasteiger partial charge < -0.3 is 21.6 Å². The van der Waals surface area contributed by atoms with E-state index in [4.69, 9.17) is 11.5 Å². The first-order chi connectivity index (χ1) is 11.1. The van der Waals surface area contributed by atoms with E-state index in [1.54, 1.807) is 30.5 Å². The number of H-pyrrole nitrogens is 1. The van der Waals surface area contributed by atoms with Crippen LogP contribution in [0, 0.1) is 6.92 Å². The number of rotatable bonds is 3. The third-order valence-corrected chi connectivity index (χ3v) is 3.67. The van der Waals surface area contributed by atoms with Gasteiger partial charge in [-0.2, -0.15) is 0 Å². The zero-order chi connectivity index (χ0) is 16.4. The molecule has 0 unspecified atom stereocenters. The van der Waals surface area contributed by atoms with Gasteiger partial charge in [0.05, 0.1) is 0 Å². The summed E-state index contributed by atoms with van der Waals surface area (Å²) in [6.45, 7) is 1.94. The standard InChI is InChI=1S/C18H18N4O/c1-11-8-12(6-7-21-11)15-10-22-18(20)14(15)9-16(19)13-4-2-3-5-17(13)23/h2-10,22-23H,19-20H2,1H3/b16-9-. The Morgan fingerprint density at radius 3 is 2.78 bits per heavy atom. The Morgan fingerprint density at radius 1 is 1.26 bits per heavy atom. The van der Waals surface area contributed by atoms with Crippen molar-refractivity contribution < 1.29 is 5.11 Å². The van der Waals surface area contributed by atoms with Crippen molar-refractivity contribution in [3.05, 3.63) is 65.6 Å². The van der Waals surface area contributed by atoms with E-state index < -0.39 is 0 Å². The second-order valence-corrected chi connectivity index (χ2v) is 5.33. The summed E-state index contributed by atoms with van der Waals surface area (Å²) in [6, 6.07) is 10.8. The van der Waals surface area contributed by atoms with Crippen molar-refractivity contribution in [2.24, 2.45) is 5.73 Å². The van der Waals surface area contributed by atoms with E-state index >= 15 is 0 Å². The number of phenols is 1. The van der Waals surface area contributed by atoms with Crippen LogP contribution in [-0.2, 0) is 0 Å². The van der Waals surface area contributed by atoms with Crippen LogP contribution in [0.25, 0.3) is 22.9 Å². The highest BCUT2D eigenvalue weighted by atomic mass is 16.3. The molecule has 6 N–H and O–H groups in total. The van der Waals surface area contributed by atoms with E-state index in [1.165, 1.54) is 0 Å². The van der Waals surface area contributed by atoms with Gasteiger partial charge >= 0.3 is 0 Å². The number of nitrogen functional groups attached to an aromatic ring is 1. The number of aryl methyl sites for hydroxylation is 1. The van der Waals surface area contributed by atoms with Gasteiger partial charge in [-0.15, -0.1) is 0 Å². The number of aromatic hydroxyl groups is 1. The molecule has 3 aromatic rings. The molecular weight excluding hydrogens is 288 g/mol. The van der Waals surface area contributed by atoms with Crippen molar-refractivity contribution in [2.45, 2.75) is 6.92 Å². The number of pyridine rings is 1. The molecular formula is C18H18N4O. The minimum Gasteiger partial charge on any atom is -0.507 e. The Balaban J connectivity index is 2.09. The van der Waals surface area contributed by atoms with Crippen LogP contribution in [-0.4, -0.2) is 15.1 Å². The molecule has 0 atom stereocenters. The molecule has 0 bridgehead atoms. The van der Waals surface area contributed by atoms with Gasteiger partial charge in [0.25, 0.3) is 0 Å². The minimum absolute atomic E-state index is 0.136. The van der Waals surface area contributed by atoms with Crippen LogP contribution in [0.5, 0.6) is 5.75 Å². The Morgan fingerprint density at radius 2 is 2.04 bits per heavy atom. The molecule has 0 amide bonds. The molecule has 0 radical (unpaired) electrons. The molecule has 5 heteroatoms. The fourth-order valence-corrected chi connectivity index (χ4v) is 2.51. The molecule has 3 rings (SSSR count). The molecule has 0 saturated heterocycles. The van der Waals surface area contributed by atoms with Crippen LogP contribution in [0.15, 0.2) is 48.8 Å². The van der Waals surface area contributed by atoms with Crippen LogP contribution in [0.1, 0.15) is 16.8 Å². The first-order valence-electron chi connectivity index (χ1n) is 7.21. The first kappa shape index (κ1) is 14.7. The summed E-state index contributed by atoms with van der Waals surface area (Å²) in [5.41, 5.74) is 16.9. The van der Waals surface area contributed by atoms with Crippen molar-refractivity contribution in [3.8, 4) is 16.9 Å². The second-order valence-electron chi connectivity index (χ2n) is 5.33. The van der Waals surface area contributed by atoms with Crippen LogP contribution in [0.4, 0.5) is 5.82 Å². The zero-order valence-electron chi connectivity index (χ0n) is 12.7. The Bertz CT molecular complexity index is 880. The monoisotopic (exact) mass is 306 g/mol. The smallest absolute Gasteiger partial charge is 0.124 e. The van der Waals surface area contributed by atoms with Crippen LogP contribution >= 0.6 is 0 Å². The van der Waals surface area contributed by atoms with E-state index in [2.05, 4.69) is 9.97 Å². The third kappa shape index (κ3) is 2.89. The van der Waals surface area contributed by atoms with E-state index in [1.807, 2.05) is 31.3 Å². The van der Waals surface area contributed by atoms with Gasteiger partial charge in [0.2, 0.25) is 0 Å². The van der Waals surface area contributed by atoms with E-state index in [9.17, 15) is 5.11 Å². The van der Waals surface area contributed by atoms with Gasteiger partial charge in [-0.1, -0.05) is 12.1 Å². The van der Waals surface area contributed by atoms with Crippen molar-refractivity contribution in [2.75, 3.05) is 5.73 Å². The average Bonchev–Trinajstić information content (AvgIpc) is 2.89. The number of benzene rings is 1. The van der Waals surface area contributed by atoms with Gasteiger partial charge in [0.15, 0.2) is 0 Å². The molecule has 0 spiro atoms. The molecule has 2 heterocycles. The number of phenolic OH excluding ortho intramolecular Hbond substituents is 1. The molecule has 5 nitrogen and oxygen atoms in total. The minimum atomic E-state index is 0.136. The lowest BCUT2D eigenvalue weighted by molar-refractivity contribution is 0.473. The van der Waals surface area contributed by atoms with Gasteiger partial charge in [0, 0.05) is 40.5 Å². The largest absolute Gasteiger partial charge is 0.507 e. The number of hydrogen-bond donors (Lipinski definition) is 4. The second kappa shape index (κ2) is 5.88. The maximum Gasteiger partial charge on any atom is 0.124 e. The maximum absolute atomic E-state index is 9.93. The molecule has 0 aliphatic rings. The van der Waals surface area contributed by atoms with Crippen molar-refractivity contribution in [1.82, 2.24) is 9.97 Å². The maximum atomic E-state index is 9.93. The van der Waals surface area contributed by atoms with Gasteiger partial charge in [0.1, 0.15) is 11.6 Å². The summed E-state index contributed by atoms with van der Waals surface area (Å²) in [5.74, 6) is 0.657. The van der Waals surface area contributed by atoms with Gasteiger partial charge in [-0.05, 0) is 42.8 Å². The quantitative estimate of drug-likeness (QED) is 0.597. The topological polar surface area (TPSA) is 101 Å². The molecule has 1 aromatic carbocycles. The molecule has 2 aromatic heterocycles. The number of aromatic amines is 1. The fourth-order valence-electron chi connectivity index (χ4n) is 2.51. The lowest BCUT2D eigenvalue weighted by Crippen LogP contribution is -1.98. The molecule has 0 aliphatic carbocycles. The lowest BCUT2D eigenvalue weighted by Gasteiger charge is -2.07.